The molecule has 0 saturated carbocycles. The predicted molar refractivity (Wildman–Crippen MR) is 111 cm³/mol. The summed E-state index contributed by atoms with van der Waals surface area (Å²) in [6.45, 7) is 0. The summed E-state index contributed by atoms with van der Waals surface area (Å²) < 4.78 is 28.2. The number of rotatable bonds is 4. The van der Waals surface area contributed by atoms with Crippen LogP contribution in [0, 0.1) is 21.7 Å². The van der Waals surface area contributed by atoms with E-state index in [2.05, 4.69) is 0 Å². The second-order valence-corrected chi connectivity index (χ2v) is 6.97. The quantitative estimate of drug-likeness (QED) is 0.213. The van der Waals surface area contributed by atoms with E-state index in [1.807, 2.05) is 0 Å². The van der Waals surface area contributed by atoms with E-state index >= 15 is 0 Å². The van der Waals surface area contributed by atoms with Gasteiger partial charge in [-0.25, -0.2) is 8.78 Å². The van der Waals surface area contributed by atoms with Crippen molar-refractivity contribution in [2.45, 2.75) is 6.04 Å². The largest absolute Gasteiger partial charge is 0.507 e. The Balaban J connectivity index is 1.97. The molecule has 160 valence electrons. The van der Waals surface area contributed by atoms with Crippen LogP contribution in [0.5, 0.6) is 0 Å². The van der Waals surface area contributed by atoms with Gasteiger partial charge in [0.2, 0.25) is 0 Å². The average Bonchev–Trinajstić information content (AvgIpc) is 3.04. The molecule has 3 aromatic rings. The maximum Gasteiger partial charge on any atom is 0.300 e. The molecule has 1 N–H and O–H groups in total. The van der Waals surface area contributed by atoms with Gasteiger partial charge in [-0.1, -0.05) is 30.3 Å². The molecule has 3 aromatic carbocycles. The maximum absolute atomic E-state index is 14.8. The molecule has 0 bridgehead atoms. The molecule has 1 aliphatic heterocycles. The van der Waals surface area contributed by atoms with Crippen LogP contribution >= 0.6 is 0 Å². The van der Waals surface area contributed by atoms with Crippen molar-refractivity contribution in [1.82, 2.24) is 0 Å². The number of carbonyl (C=O) groups is 2. The van der Waals surface area contributed by atoms with Gasteiger partial charge in [-0.15, -0.1) is 0 Å². The van der Waals surface area contributed by atoms with Gasteiger partial charge < -0.3 is 5.11 Å². The number of halogens is 2. The molecule has 0 aromatic heterocycles. The Kier molecular flexibility index (Phi) is 5.23. The summed E-state index contributed by atoms with van der Waals surface area (Å²) in [5.74, 6) is -4.17. The summed E-state index contributed by atoms with van der Waals surface area (Å²) in [6, 6.07) is 13.6. The number of hydrogen-bond donors (Lipinski definition) is 1. The highest BCUT2D eigenvalue weighted by Gasteiger charge is 2.47. The van der Waals surface area contributed by atoms with Crippen LogP contribution in [0.25, 0.3) is 5.76 Å². The molecule has 1 atom stereocenters. The number of amides is 1. The van der Waals surface area contributed by atoms with Crippen molar-refractivity contribution in [3.63, 3.8) is 0 Å². The first-order chi connectivity index (χ1) is 15.3. The number of non-ortho nitro benzene ring substituents is 1. The SMILES string of the molecule is O=C1C(=O)N(c2ccc(F)cc2)C(c2ccccc2F)/C1=C(\O)c1cccc([N+](=O)[O-])c1. The van der Waals surface area contributed by atoms with E-state index in [0.717, 1.165) is 29.2 Å². The number of aliphatic hydroxyl groups is 1. The Morgan fingerprint density at radius 1 is 0.969 bits per heavy atom. The minimum absolute atomic E-state index is 0.0806. The number of nitro groups is 1. The number of benzene rings is 3. The molecule has 32 heavy (non-hydrogen) atoms. The van der Waals surface area contributed by atoms with Gasteiger partial charge in [-0.2, -0.15) is 0 Å². The lowest BCUT2D eigenvalue weighted by Gasteiger charge is -2.25. The van der Waals surface area contributed by atoms with Crippen molar-refractivity contribution in [2.75, 3.05) is 4.90 Å². The van der Waals surface area contributed by atoms with Crippen molar-refractivity contribution in [3.05, 3.63) is 111 Å². The summed E-state index contributed by atoms with van der Waals surface area (Å²) in [6.07, 6.45) is 0. The van der Waals surface area contributed by atoms with Crippen molar-refractivity contribution < 1.29 is 28.4 Å². The third-order valence-corrected chi connectivity index (χ3v) is 5.08. The highest BCUT2D eigenvalue weighted by atomic mass is 19.1. The zero-order valence-electron chi connectivity index (χ0n) is 16.2. The normalized spacial score (nSPS) is 17.6. The van der Waals surface area contributed by atoms with Gasteiger partial charge in [0.15, 0.2) is 0 Å². The Morgan fingerprint density at radius 3 is 2.31 bits per heavy atom. The van der Waals surface area contributed by atoms with E-state index < -0.39 is 45.6 Å². The molecule has 0 spiro atoms. The molecule has 9 heteroatoms. The van der Waals surface area contributed by atoms with Crippen LogP contribution in [0.4, 0.5) is 20.2 Å². The topological polar surface area (TPSA) is 101 Å². The van der Waals surface area contributed by atoms with Crippen LogP contribution in [-0.2, 0) is 9.59 Å². The predicted octanol–water partition coefficient (Wildman–Crippen LogP) is 4.50. The summed E-state index contributed by atoms with van der Waals surface area (Å²) in [7, 11) is 0. The second-order valence-electron chi connectivity index (χ2n) is 6.97. The summed E-state index contributed by atoms with van der Waals surface area (Å²) in [5.41, 5.74) is -0.838. The fraction of sp³-hybridized carbons (Fsp3) is 0.0435. The standard InChI is InChI=1S/C23H14F2N2O5/c24-14-8-10-15(11-9-14)26-20(17-6-1-2-7-18(17)25)19(22(29)23(26)30)21(28)13-4-3-5-16(12-13)27(31)32/h1-12,20,28H/b21-19+. The first-order valence-corrected chi connectivity index (χ1v) is 9.35. The number of ketones is 1. The number of nitrogens with zero attached hydrogens (tertiary/aromatic N) is 2. The molecule has 0 radical (unpaired) electrons. The summed E-state index contributed by atoms with van der Waals surface area (Å²) in [5, 5.41) is 22.0. The minimum atomic E-state index is -1.37. The molecule has 7 nitrogen and oxygen atoms in total. The zero-order chi connectivity index (χ0) is 23.0. The third-order valence-electron chi connectivity index (χ3n) is 5.08. The van der Waals surface area contributed by atoms with Crippen molar-refractivity contribution in [1.29, 1.82) is 0 Å². The number of carbonyl (C=O) groups excluding carboxylic acids is 2. The van der Waals surface area contributed by atoms with Gasteiger partial charge in [0.25, 0.3) is 17.4 Å². The van der Waals surface area contributed by atoms with Crippen molar-refractivity contribution in [2.24, 2.45) is 0 Å². The number of anilines is 1. The molecule has 1 aliphatic rings. The van der Waals surface area contributed by atoms with Crippen LogP contribution in [0.15, 0.2) is 78.4 Å². The lowest BCUT2D eigenvalue weighted by Crippen LogP contribution is -2.29. The van der Waals surface area contributed by atoms with Crippen molar-refractivity contribution >= 4 is 28.8 Å². The maximum atomic E-state index is 14.8. The van der Waals surface area contributed by atoms with E-state index in [0.29, 0.717) is 0 Å². The molecule has 0 aliphatic carbocycles. The van der Waals surface area contributed by atoms with Gasteiger partial charge in [0, 0.05) is 28.9 Å². The van der Waals surface area contributed by atoms with Crippen LogP contribution < -0.4 is 4.90 Å². The first kappa shape index (κ1) is 20.9. The highest BCUT2D eigenvalue weighted by Crippen LogP contribution is 2.43. The molecule has 1 saturated heterocycles. The molecule has 1 fully saturated rings. The Bertz CT molecular complexity index is 1290. The molecule has 1 unspecified atom stereocenters. The molecule has 1 heterocycles. The Hall–Kier alpha value is -4.40. The fourth-order valence-corrected chi connectivity index (χ4v) is 3.61. The van der Waals surface area contributed by atoms with E-state index in [4.69, 9.17) is 0 Å². The van der Waals surface area contributed by atoms with E-state index in [-0.39, 0.29) is 22.5 Å². The zero-order valence-corrected chi connectivity index (χ0v) is 16.2. The number of aliphatic hydroxyl groups excluding tert-OH is 1. The van der Waals surface area contributed by atoms with Gasteiger partial charge in [-0.05, 0) is 30.3 Å². The Labute approximate surface area is 180 Å². The van der Waals surface area contributed by atoms with Gasteiger partial charge in [-0.3, -0.25) is 24.6 Å². The number of hydrogen-bond acceptors (Lipinski definition) is 5. The second kappa shape index (κ2) is 8.03. The lowest BCUT2D eigenvalue weighted by molar-refractivity contribution is -0.384. The summed E-state index contributed by atoms with van der Waals surface area (Å²) in [4.78, 5) is 37.2. The van der Waals surface area contributed by atoms with Crippen LogP contribution in [0.1, 0.15) is 17.2 Å². The number of Topliss-reactive ketones (excluding diaryl/α,β-unsaturated/α-hetero) is 1. The minimum Gasteiger partial charge on any atom is -0.507 e. The smallest absolute Gasteiger partial charge is 0.300 e. The number of nitro benzene ring substituents is 1. The average molecular weight is 436 g/mol. The van der Waals surface area contributed by atoms with Gasteiger partial charge >= 0.3 is 0 Å². The highest BCUT2D eigenvalue weighted by molar-refractivity contribution is 6.51. The molecular formula is C23H14F2N2O5. The van der Waals surface area contributed by atoms with Crippen molar-refractivity contribution in [3.8, 4) is 0 Å². The molecule has 1 amide bonds. The lowest BCUT2D eigenvalue weighted by atomic mass is 9.94. The van der Waals surface area contributed by atoms with Gasteiger partial charge in [0.1, 0.15) is 17.4 Å². The Morgan fingerprint density at radius 2 is 1.66 bits per heavy atom. The summed E-state index contributed by atoms with van der Waals surface area (Å²) >= 11 is 0. The van der Waals surface area contributed by atoms with E-state index in [9.17, 15) is 33.6 Å². The van der Waals surface area contributed by atoms with E-state index in [1.165, 1.54) is 48.5 Å². The van der Waals surface area contributed by atoms with Crippen LogP contribution in [0.3, 0.4) is 0 Å². The molecule has 4 rings (SSSR count). The van der Waals surface area contributed by atoms with Crippen LogP contribution in [-0.4, -0.2) is 21.7 Å². The van der Waals surface area contributed by atoms with Crippen LogP contribution in [0.2, 0.25) is 0 Å². The third kappa shape index (κ3) is 3.49. The van der Waals surface area contributed by atoms with Gasteiger partial charge in [0.05, 0.1) is 16.5 Å². The molecular weight excluding hydrogens is 422 g/mol. The monoisotopic (exact) mass is 436 g/mol. The van der Waals surface area contributed by atoms with E-state index in [1.54, 1.807) is 0 Å². The first-order valence-electron chi connectivity index (χ1n) is 9.35. The fourth-order valence-electron chi connectivity index (χ4n) is 3.61.